The fourth-order valence-electron chi connectivity index (χ4n) is 4.33. The molecule has 0 saturated carbocycles. The van der Waals surface area contributed by atoms with Crippen molar-refractivity contribution in [1.82, 2.24) is 4.90 Å². The van der Waals surface area contributed by atoms with Crippen molar-refractivity contribution in [2.75, 3.05) is 24.5 Å². The molecule has 32 heavy (non-hydrogen) atoms. The van der Waals surface area contributed by atoms with Crippen LogP contribution in [-0.4, -0.2) is 29.6 Å². The van der Waals surface area contributed by atoms with Gasteiger partial charge in [0.25, 0.3) is 0 Å². The van der Waals surface area contributed by atoms with E-state index in [1.54, 1.807) is 0 Å². The second kappa shape index (κ2) is 9.94. The van der Waals surface area contributed by atoms with Crippen molar-refractivity contribution in [3.8, 4) is 0 Å². The van der Waals surface area contributed by atoms with E-state index in [1.807, 2.05) is 54.6 Å². The van der Waals surface area contributed by atoms with Crippen molar-refractivity contribution in [3.63, 3.8) is 0 Å². The van der Waals surface area contributed by atoms with Crippen LogP contribution < -0.4 is 4.90 Å². The summed E-state index contributed by atoms with van der Waals surface area (Å²) in [5, 5.41) is 10.8. The van der Waals surface area contributed by atoms with Crippen LogP contribution in [0.15, 0.2) is 66.7 Å². The molecule has 1 saturated heterocycles. The van der Waals surface area contributed by atoms with Gasteiger partial charge in [0.1, 0.15) is 0 Å². The second-order valence-electron chi connectivity index (χ2n) is 8.08. The average Bonchev–Trinajstić information content (AvgIpc) is 2.84. The lowest BCUT2D eigenvalue weighted by atomic mass is 9.98. The minimum absolute atomic E-state index is 0.0296. The number of anilines is 1. The van der Waals surface area contributed by atoms with Gasteiger partial charge in [0.05, 0.1) is 29.9 Å². The SMILES string of the molecule is [C-]#[N+]c1ccc([C@@H](C)N2CCN(c3ccc(CO)cc3Cl)[C@H](c3ccc(Cl)cc3)C2)cc1. The maximum absolute atomic E-state index is 9.45. The zero-order valence-electron chi connectivity index (χ0n) is 17.9. The summed E-state index contributed by atoms with van der Waals surface area (Å²) >= 11 is 12.8. The summed E-state index contributed by atoms with van der Waals surface area (Å²) < 4.78 is 0. The van der Waals surface area contributed by atoms with Crippen LogP contribution in [0.3, 0.4) is 0 Å². The van der Waals surface area contributed by atoms with Gasteiger partial charge in [0.2, 0.25) is 0 Å². The number of aliphatic hydroxyl groups excluding tert-OH is 1. The van der Waals surface area contributed by atoms with Crippen molar-refractivity contribution >= 4 is 34.6 Å². The fraction of sp³-hybridized carbons (Fsp3) is 0.269. The lowest BCUT2D eigenvalue weighted by Crippen LogP contribution is -2.49. The fourth-order valence-corrected chi connectivity index (χ4v) is 4.77. The molecule has 0 bridgehead atoms. The Kier molecular flexibility index (Phi) is 7.03. The highest BCUT2D eigenvalue weighted by molar-refractivity contribution is 6.33. The zero-order chi connectivity index (χ0) is 22.7. The third kappa shape index (κ3) is 4.77. The Labute approximate surface area is 199 Å². The van der Waals surface area contributed by atoms with Crippen LogP contribution in [0.1, 0.15) is 35.7 Å². The van der Waals surface area contributed by atoms with Gasteiger partial charge in [-0.2, -0.15) is 0 Å². The van der Waals surface area contributed by atoms with E-state index in [0.717, 1.165) is 30.9 Å². The quantitative estimate of drug-likeness (QED) is 0.427. The maximum atomic E-state index is 9.45. The normalized spacial score (nSPS) is 17.7. The Balaban J connectivity index is 1.64. The molecule has 3 aromatic rings. The van der Waals surface area contributed by atoms with Crippen molar-refractivity contribution in [2.45, 2.75) is 25.6 Å². The van der Waals surface area contributed by atoms with Gasteiger partial charge >= 0.3 is 0 Å². The van der Waals surface area contributed by atoms with E-state index in [2.05, 4.69) is 33.7 Å². The van der Waals surface area contributed by atoms with Crippen LogP contribution in [0.25, 0.3) is 4.85 Å². The van der Waals surface area contributed by atoms with Gasteiger partial charge < -0.3 is 10.0 Å². The van der Waals surface area contributed by atoms with Gasteiger partial charge in [-0.15, -0.1) is 0 Å². The highest BCUT2D eigenvalue weighted by atomic mass is 35.5. The van der Waals surface area contributed by atoms with Crippen LogP contribution >= 0.6 is 23.2 Å². The molecule has 0 aliphatic carbocycles. The molecule has 4 rings (SSSR count). The molecule has 4 nitrogen and oxygen atoms in total. The summed E-state index contributed by atoms with van der Waals surface area (Å²) in [5.41, 5.74) is 4.81. The first kappa shape index (κ1) is 22.6. The number of benzene rings is 3. The molecule has 164 valence electrons. The number of hydrogen-bond acceptors (Lipinski definition) is 3. The molecule has 0 radical (unpaired) electrons. The summed E-state index contributed by atoms with van der Waals surface area (Å²) in [4.78, 5) is 8.31. The average molecular weight is 466 g/mol. The van der Waals surface area contributed by atoms with Gasteiger partial charge in [0, 0.05) is 30.7 Å². The van der Waals surface area contributed by atoms with E-state index >= 15 is 0 Å². The highest BCUT2D eigenvalue weighted by Gasteiger charge is 2.32. The van der Waals surface area contributed by atoms with E-state index in [0.29, 0.717) is 15.7 Å². The molecule has 0 amide bonds. The minimum atomic E-state index is -0.0296. The molecule has 1 N–H and O–H groups in total. The summed E-state index contributed by atoms with van der Waals surface area (Å²) in [6.07, 6.45) is 0. The molecule has 0 unspecified atom stereocenters. The number of rotatable bonds is 5. The first-order chi connectivity index (χ1) is 15.5. The number of halogens is 2. The molecule has 0 spiro atoms. The van der Waals surface area contributed by atoms with E-state index in [4.69, 9.17) is 29.8 Å². The second-order valence-corrected chi connectivity index (χ2v) is 8.92. The Morgan fingerprint density at radius 1 is 1.03 bits per heavy atom. The topological polar surface area (TPSA) is 31.1 Å². The first-order valence-electron chi connectivity index (χ1n) is 10.6. The summed E-state index contributed by atoms with van der Waals surface area (Å²) in [7, 11) is 0. The summed E-state index contributed by atoms with van der Waals surface area (Å²) in [6, 6.07) is 22.0. The molecule has 1 aliphatic rings. The van der Waals surface area contributed by atoms with Crippen molar-refractivity contribution in [1.29, 1.82) is 0 Å². The largest absolute Gasteiger partial charge is 0.392 e. The predicted molar refractivity (Wildman–Crippen MR) is 132 cm³/mol. The highest BCUT2D eigenvalue weighted by Crippen LogP contribution is 2.38. The number of piperazine rings is 1. The number of aliphatic hydroxyl groups is 1. The molecular formula is C26H25Cl2N3O. The Morgan fingerprint density at radius 2 is 1.75 bits per heavy atom. The third-order valence-electron chi connectivity index (χ3n) is 6.22. The molecule has 1 aliphatic heterocycles. The summed E-state index contributed by atoms with van der Waals surface area (Å²) in [5.74, 6) is 0. The monoisotopic (exact) mass is 465 g/mol. The van der Waals surface area contributed by atoms with E-state index in [9.17, 15) is 5.11 Å². The van der Waals surface area contributed by atoms with Gasteiger partial charge in [-0.05, 0) is 47.9 Å². The molecule has 6 heteroatoms. The van der Waals surface area contributed by atoms with E-state index in [-0.39, 0.29) is 18.7 Å². The molecular weight excluding hydrogens is 441 g/mol. The van der Waals surface area contributed by atoms with Crippen molar-refractivity contribution in [2.24, 2.45) is 0 Å². The lowest BCUT2D eigenvalue weighted by Gasteiger charge is -2.45. The van der Waals surface area contributed by atoms with Gasteiger partial charge in [-0.3, -0.25) is 4.90 Å². The predicted octanol–water partition coefficient (Wildman–Crippen LogP) is 6.66. The van der Waals surface area contributed by atoms with Crippen LogP contribution in [-0.2, 0) is 6.61 Å². The zero-order valence-corrected chi connectivity index (χ0v) is 19.4. The Bertz CT molecular complexity index is 1110. The minimum Gasteiger partial charge on any atom is -0.392 e. The lowest BCUT2D eigenvalue weighted by molar-refractivity contribution is 0.171. The van der Waals surface area contributed by atoms with E-state index in [1.165, 1.54) is 11.1 Å². The van der Waals surface area contributed by atoms with Crippen LogP contribution in [0.4, 0.5) is 11.4 Å². The smallest absolute Gasteiger partial charge is 0.187 e. The van der Waals surface area contributed by atoms with Crippen LogP contribution in [0.2, 0.25) is 10.0 Å². The van der Waals surface area contributed by atoms with Crippen LogP contribution in [0.5, 0.6) is 0 Å². The van der Waals surface area contributed by atoms with Gasteiger partial charge in [-0.25, -0.2) is 4.85 Å². The standard InChI is InChI=1S/C26H25Cl2N3O/c1-18(20-6-10-23(29-2)11-7-20)30-13-14-31(25-12-3-19(17-32)15-24(25)28)26(16-30)21-4-8-22(27)9-5-21/h3-12,15,18,26,32H,13-14,16-17H2,1H3/t18-,26+/m1/s1. The molecule has 0 aromatic heterocycles. The molecule has 2 atom stereocenters. The van der Waals surface area contributed by atoms with Crippen molar-refractivity contribution < 1.29 is 5.11 Å². The Morgan fingerprint density at radius 3 is 2.38 bits per heavy atom. The third-order valence-corrected chi connectivity index (χ3v) is 6.78. The Hall–Kier alpha value is -2.55. The van der Waals surface area contributed by atoms with Crippen molar-refractivity contribution in [3.05, 3.63) is 105 Å². The molecule has 3 aromatic carbocycles. The maximum Gasteiger partial charge on any atom is 0.187 e. The van der Waals surface area contributed by atoms with Gasteiger partial charge in [0.15, 0.2) is 5.69 Å². The summed E-state index contributed by atoms with van der Waals surface area (Å²) in [6.45, 7) is 11.9. The van der Waals surface area contributed by atoms with Crippen LogP contribution in [0, 0.1) is 6.57 Å². The number of hydrogen-bond donors (Lipinski definition) is 1. The van der Waals surface area contributed by atoms with Gasteiger partial charge in [-0.1, -0.05) is 65.7 Å². The first-order valence-corrected chi connectivity index (χ1v) is 11.4. The molecule has 1 fully saturated rings. The van der Waals surface area contributed by atoms with E-state index < -0.39 is 0 Å². The number of nitrogens with zero attached hydrogens (tertiary/aromatic N) is 3. The molecule has 1 heterocycles.